The zero-order chi connectivity index (χ0) is 19.8. The van der Waals surface area contributed by atoms with Crippen molar-refractivity contribution in [1.29, 1.82) is 0 Å². The first kappa shape index (κ1) is 19.3. The maximum absolute atomic E-state index is 12.7. The zero-order valence-electron chi connectivity index (χ0n) is 15.0. The highest BCUT2D eigenvalue weighted by Crippen LogP contribution is 2.31. The minimum absolute atomic E-state index is 0.179. The van der Waals surface area contributed by atoms with Crippen LogP contribution >= 0.6 is 11.6 Å². The van der Waals surface area contributed by atoms with E-state index in [1.165, 1.54) is 0 Å². The monoisotopic (exact) mass is 406 g/mol. The van der Waals surface area contributed by atoms with E-state index in [1.807, 2.05) is 6.07 Å². The van der Waals surface area contributed by atoms with Gasteiger partial charge >= 0.3 is 0 Å². The van der Waals surface area contributed by atoms with Crippen molar-refractivity contribution in [3.8, 4) is 0 Å². The molecule has 27 heavy (non-hydrogen) atoms. The maximum Gasteiger partial charge on any atom is 0.287 e. The van der Waals surface area contributed by atoms with Crippen LogP contribution in [0.5, 0.6) is 0 Å². The molecule has 1 amide bonds. The van der Waals surface area contributed by atoms with E-state index in [1.54, 1.807) is 50.2 Å². The van der Waals surface area contributed by atoms with Gasteiger partial charge in [0.25, 0.3) is 5.91 Å². The first-order valence-corrected chi connectivity index (χ1v) is 10.5. The number of furan rings is 1. The SMILES string of the molecule is Cc1c(C(=O)N[C@H](C)c2ccccc2NS(C)(=O)=O)oc2c(Cl)cccc12. The fourth-order valence-corrected chi connectivity index (χ4v) is 3.73. The molecule has 0 bridgehead atoms. The van der Waals surface area contributed by atoms with E-state index in [0.29, 0.717) is 27.4 Å². The molecular weight excluding hydrogens is 388 g/mol. The predicted molar refractivity (Wildman–Crippen MR) is 107 cm³/mol. The molecule has 142 valence electrons. The zero-order valence-corrected chi connectivity index (χ0v) is 16.6. The molecular formula is C19H19ClN2O4S. The molecule has 1 atom stereocenters. The van der Waals surface area contributed by atoms with Crippen LogP contribution in [0.4, 0.5) is 5.69 Å². The van der Waals surface area contributed by atoms with Crippen molar-refractivity contribution < 1.29 is 17.6 Å². The largest absolute Gasteiger partial charge is 0.449 e. The molecule has 0 spiro atoms. The summed E-state index contributed by atoms with van der Waals surface area (Å²) in [5.74, 6) is -0.222. The standard InChI is InChI=1S/C19H19ClN2O4S/c1-11-13-8-6-9-15(20)18(13)26-17(11)19(23)21-12(2)14-7-4-5-10-16(14)22-27(3,24)25/h4-10,12,22H,1-3H3,(H,21,23)/t12-/m1/s1. The summed E-state index contributed by atoms with van der Waals surface area (Å²) in [6.45, 7) is 3.56. The van der Waals surface area contributed by atoms with E-state index in [4.69, 9.17) is 16.0 Å². The van der Waals surface area contributed by atoms with Crippen LogP contribution in [0.25, 0.3) is 11.0 Å². The molecule has 0 aliphatic carbocycles. The number of rotatable bonds is 5. The lowest BCUT2D eigenvalue weighted by molar-refractivity contribution is 0.0913. The average molecular weight is 407 g/mol. The van der Waals surface area contributed by atoms with E-state index in [9.17, 15) is 13.2 Å². The third-order valence-electron chi connectivity index (χ3n) is 4.19. The van der Waals surface area contributed by atoms with Gasteiger partial charge in [0, 0.05) is 10.9 Å². The number of fused-ring (bicyclic) bond motifs is 1. The van der Waals surface area contributed by atoms with Crippen molar-refractivity contribution >= 4 is 44.2 Å². The fourth-order valence-electron chi connectivity index (χ4n) is 2.93. The third kappa shape index (κ3) is 4.09. The van der Waals surface area contributed by atoms with Crippen molar-refractivity contribution in [2.75, 3.05) is 11.0 Å². The van der Waals surface area contributed by atoms with Gasteiger partial charge in [-0.25, -0.2) is 8.42 Å². The molecule has 6 nitrogen and oxygen atoms in total. The normalized spacial score (nSPS) is 12.7. The second-order valence-electron chi connectivity index (χ2n) is 6.33. The smallest absolute Gasteiger partial charge is 0.287 e. The van der Waals surface area contributed by atoms with E-state index < -0.39 is 22.0 Å². The Bertz CT molecular complexity index is 1120. The molecule has 8 heteroatoms. The molecule has 0 fully saturated rings. The second-order valence-corrected chi connectivity index (χ2v) is 8.48. The number of aryl methyl sites for hydroxylation is 1. The summed E-state index contributed by atoms with van der Waals surface area (Å²) < 4.78 is 31.3. The van der Waals surface area contributed by atoms with Gasteiger partial charge in [-0.05, 0) is 31.5 Å². The van der Waals surface area contributed by atoms with Crippen LogP contribution in [0.15, 0.2) is 46.9 Å². The Morgan fingerprint density at radius 2 is 1.85 bits per heavy atom. The number of halogens is 1. The summed E-state index contributed by atoms with van der Waals surface area (Å²) >= 11 is 6.14. The quantitative estimate of drug-likeness (QED) is 0.662. The summed E-state index contributed by atoms with van der Waals surface area (Å²) in [4.78, 5) is 12.7. The Hall–Kier alpha value is -2.51. The van der Waals surface area contributed by atoms with Crippen molar-refractivity contribution in [1.82, 2.24) is 5.32 Å². The van der Waals surface area contributed by atoms with Crippen LogP contribution in [0.2, 0.25) is 5.02 Å². The Morgan fingerprint density at radius 3 is 2.52 bits per heavy atom. The highest BCUT2D eigenvalue weighted by atomic mass is 35.5. The molecule has 0 radical (unpaired) electrons. The number of hydrogen-bond donors (Lipinski definition) is 2. The summed E-state index contributed by atoms with van der Waals surface area (Å²) in [5, 5.41) is 4.06. The van der Waals surface area contributed by atoms with Crippen LogP contribution in [-0.4, -0.2) is 20.6 Å². The lowest BCUT2D eigenvalue weighted by Crippen LogP contribution is -2.27. The molecule has 0 saturated carbocycles. The van der Waals surface area contributed by atoms with Gasteiger partial charge in [0.1, 0.15) is 0 Å². The highest BCUT2D eigenvalue weighted by molar-refractivity contribution is 7.92. The second kappa shape index (κ2) is 7.25. The molecule has 3 rings (SSSR count). The summed E-state index contributed by atoms with van der Waals surface area (Å²) in [6, 6.07) is 11.8. The maximum atomic E-state index is 12.7. The van der Waals surface area contributed by atoms with Crippen molar-refractivity contribution in [3.63, 3.8) is 0 Å². The first-order valence-electron chi connectivity index (χ1n) is 8.22. The molecule has 3 aromatic rings. The minimum Gasteiger partial charge on any atom is -0.449 e. The number of hydrogen-bond acceptors (Lipinski definition) is 4. The number of carbonyl (C=O) groups is 1. The number of amides is 1. The van der Waals surface area contributed by atoms with E-state index in [0.717, 1.165) is 11.6 Å². The van der Waals surface area contributed by atoms with Gasteiger partial charge in [0.15, 0.2) is 11.3 Å². The number of sulfonamides is 1. The average Bonchev–Trinajstić information content (AvgIpc) is 2.92. The number of nitrogens with one attached hydrogen (secondary N) is 2. The molecule has 0 saturated heterocycles. The van der Waals surface area contributed by atoms with Crippen LogP contribution in [0.1, 0.15) is 34.6 Å². The summed E-state index contributed by atoms with van der Waals surface area (Å²) in [6.07, 6.45) is 1.08. The number of benzene rings is 2. The van der Waals surface area contributed by atoms with E-state index >= 15 is 0 Å². The highest BCUT2D eigenvalue weighted by Gasteiger charge is 2.22. The predicted octanol–water partition coefficient (Wildman–Crippen LogP) is 4.26. The van der Waals surface area contributed by atoms with Gasteiger partial charge in [-0.2, -0.15) is 0 Å². The van der Waals surface area contributed by atoms with Gasteiger partial charge in [-0.1, -0.05) is 41.9 Å². The van der Waals surface area contributed by atoms with E-state index in [2.05, 4.69) is 10.0 Å². The fraction of sp³-hybridized carbons (Fsp3) is 0.211. The van der Waals surface area contributed by atoms with Gasteiger partial charge in [0.2, 0.25) is 10.0 Å². The Kier molecular flexibility index (Phi) is 5.17. The van der Waals surface area contributed by atoms with Crippen molar-refractivity contribution in [2.45, 2.75) is 19.9 Å². The number of para-hydroxylation sites is 2. The number of anilines is 1. The van der Waals surface area contributed by atoms with Gasteiger partial charge in [-0.3, -0.25) is 9.52 Å². The topological polar surface area (TPSA) is 88.4 Å². The van der Waals surface area contributed by atoms with Gasteiger partial charge in [-0.15, -0.1) is 0 Å². The van der Waals surface area contributed by atoms with Gasteiger partial charge < -0.3 is 9.73 Å². The molecule has 0 aliphatic rings. The first-order chi connectivity index (χ1) is 12.7. The Balaban J connectivity index is 1.89. The van der Waals surface area contributed by atoms with Gasteiger partial charge in [0.05, 0.1) is 23.0 Å². The van der Waals surface area contributed by atoms with Crippen LogP contribution in [0, 0.1) is 6.92 Å². The van der Waals surface area contributed by atoms with Crippen LogP contribution < -0.4 is 10.0 Å². The Labute approximate surface area is 162 Å². The summed E-state index contributed by atoms with van der Waals surface area (Å²) in [5.41, 5.74) is 2.22. The summed E-state index contributed by atoms with van der Waals surface area (Å²) in [7, 11) is -3.44. The van der Waals surface area contributed by atoms with Crippen molar-refractivity contribution in [3.05, 3.63) is 64.4 Å². The molecule has 0 unspecified atom stereocenters. The van der Waals surface area contributed by atoms with Crippen molar-refractivity contribution in [2.24, 2.45) is 0 Å². The molecule has 2 N–H and O–H groups in total. The number of carbonyl (C=O) groups excluding carboxylic acids is 1. The van der Waals surface area contributed by atoms with Crippen LogP contribution in [-0.2, 0) is 10.0 Å². The third-order valence-corrected chi connectivity index (χ3v) is 5.08. The molecule has 1 heterocycles. The lowest BCUT2D eigenvalue weighted by atomic mass is 10.1. The molecule has 1 aromatic heterocycles. The minimum atomic E-state index is -3.44. The van der Waals surface area contributed by atoms with E-state index in [-0.39, 0.29) is 5.76 Å². The van der Waals surface area contributed by atoms with Crippen LogP contribution in [0.3, 0.4) is 0 Å². The molecule has 0 aliphatic heterocycles. The molecule has 2 aromatic carbocycles. The Morgan fingerprint density at radius 1 is 1.15 bits per heavy atom. The lowest BCUT2D eigenvalue weighted by Gasteiger charge is -2.18.